The van der Waals surface area contributed by atoms with Gasteiger partial charge in [-0.1, -0.05) is 0 Å². The SMILES string of the molecule is CN=C(OC(C)=O)c1cc(C)sc1SC. The summed E-state index contributed by atoms with van der Waals surface area (Å²) in [6.07, 6.45) is 2.00. The summed E-state index contributed by atoms with van der Waals surface area (Å²) in [5, 5.41) is 0. The Kier molecular flexibility index (Phi) is 4.35. The third-order valence-electron chi connectivity index (χ3n) is 1.68. The number of hydrogen-bond acceptors (Lipinski definition) is 5. The molecule has 0 fully saturated rings. The fourth-order valence-corrected chi connectivity index (χ4v) is 2.97. The Bertz CT molecular complexity index is 396. The maximum absolute atomic E-state index is 10.9. The number of nitrogens with zero attached hydrogens (tertiary/aromatic N) is 1. The maximum Gasteiger partial charge on any atom is 0.309 e. The predicted molar refractivity (Wildman–Crippen MR) is 65.1 cm³/mol. The van der Waals surface area contributed by atoms with Crippen LogP contribution in [0.2, 0.25) is 0 Å². The predicted octanol–water partition coefficient (Wildman–Crippen LogP) is 2.72. The molecule has 0 spiro atoms. The van der Waals surface area contributed by atoms with Crippen LogP contribution in [0, 0.1) is 6.92 Å². The molecule has 0 aliphatic heterocycles. The van der Waals surface area contributed by atoms with Crippen molar-refractivity contribution in [3.05, 3.63) is 16.5 Å². The van der Waals surface area contributed by atoms with Crippen molar-refractivity contribution in [2.45, 2.75) is 18.1 Å². The van der Waals surface area contributed by atoms with Crippen LogP contribution in [0.5, 0.6) is 0 Å². The van der Waals surface area contributed by atoms with E-state index in [1.807, 2.05) is 19.2 Å². The number of aliphatic imine (C=N–C) groups is 1. The second kappa shape index (κ2) is 5.32. The summed E-state index contributed by atoms with van der Waals surface area (Å²) in [7, 11) is 1.62. The lowest BCUT2D eigenvalue weighted by molar-refractivity contribution is -0.132. The summed E-state index contributed by atoms with van der Waals surface area (Å²) in [5.74, 6) is 0.0581. The number of rotatable bonds is 2. The highest BCUT2D eigenvalue weighted by Gasteiger charge is 2.14. The van der Waals surface area contributed by atoms with Gasteiger partial charge < -0.3 is 4.74 Å². The topological polar surface area (TPSA) is 38.7 Å². The zero-order valence-corrected chi connectivity index (χ0v) is 10.8. The van der Waals surface area contributed by atoms with E-state index in [-0.39, 0.29) is 5.97 Å². The van der Waals surface area contributed by atoms with Crippen molar-refractivity contribution in [3.8, 4) is 0 Å². The Hall–Kier alpha value is -0.810. The van der Waals surface area contributed by atoms with Gasteiger partial charge in [0.05, 0.1) is 9.77 Å². The van der Waals surface area contributed by atoms with Crippen LogP contribution in [-0.2, 0) is 9.53 Å². The van der Waals surface area contributed by atoms with Crippen molar-refractivity contribution in [1.29, 1.82) is 0 Å². The summed E-state index contributed by atoms with van der Waals surface area (Å²) < 4.78 is 6.17. The van der Waals surface area contributed by atoms with Crippen molar-refractivity contribution in [1.82, 2.24) is 0 Å². The smallest absolute Gasteiger partial charge is 0.309 e. The molecule has 1 rings (SSSR count). The molecular formula is C10H13NO2S2. The van der Waals surface area contributed by atoms with Crippen LogP contribution >= 0.6 is 23.1 Å². The number of hydrogen-bond donors (Lipinski definition) is 0. The molecule has 3 nitrogen and oxygen atoms in total. The number of carbonyl (C=O) groups is 1. The fraction of sp³-hybridized carbons (Fsp3) is 0.400. The first-order valence-corrected chi connectivity index (χ1v) is 6.42. The minimum atomic E-state index is -0.341. The Morgan fingerprint density at radius 2 is 2.27 bits per heavy atom. The Morgan fingerprint density at radius 3 is 2.73 bits per heavy atom. The zero-order valence-electron chi connectivity index (χ0n) is 9.16. The molecule has 0 atom stereocenters. The van der Waals surface area contributed by atoms with Crippen LogP contribution < -0.4 is 0 Å². The number of aryl methyl sites for hydroxylation is 1. The molecule has 0 N–H and O–H groups in total. The molecular weight excluding hydrogens is 230 g/mol. The molecule has 0 aliphatic carbocycles. The second-order valence-electron chi connectivity index (χ2n) is 2.88. The molecule has 0 amide bonds. The van der Waals surface area contributed by atoms with Crippen LogP contribution in [-0.4, -0.2) is 25.2 Å². The molecule has 1 heterocycles. The van der Waals surface area contributed by atoms with Gasteiger partial charge in [0.1, 0.15) is 0 Å². The lowest BCUT2D eigenvalue weighted by Gasteiger charge is -2.04. The Labute approximate surface area is 97.6 Å². The quantitative estimate of drug-likeness (QED) is 0.347. The molecule has 0 bridgehead atoms. The first-order valence-electron chi connectivity index (χ1n) is 4.38. The summed E-state index contributed by atoms with van der Waals surface area (Å²) >= 11 is 3.31. The molecule has 0 radical (unpaired) electrons. The third kappa shape index (κ3) is 3.07. The number of carbonyl (C=O) groups excluding carboxylic acids is 1. The minimum absolute atomic E-state index is 0.341. The summed E-state index contributed by atoms with van der Waals surface area (Å²) in [4.78, 5) is 16.1. The van der Waals surface area contributed by atoms with Crippen molar-refractivity contribution in [2.24, 2.45) is 4.99 Å². The molecule has 0 saturated carbocycles. The highest BCUT2D eigenvalue weighted by molar-refractivity contribution is 8.00. The lowest BCUT2D eigenvalue weighted by Crippen LogP contribution is -2.10. The van der Waals surface area contributed by atoms with Gasteiger partial charge in [-0.3, -0.25) is 9.79 Å². The Balaban J connectivity index is 3.06. The van der Waals surface area contributed by atoms with Gasteiger partial charge in [0.15, 0.2) is 0 Å². The molecule has 1 aromatic heterocycles. The largest absolute Gasteiger partial charge is 0.407 e. The standard InChI is InChI=1S/C10H13NO2S2/c1-6-5-8(10(14-4)15-6)9(11-3)13-7(2)12/h5H,1-4H3. The number of thioether (sulfide) groups is 1. The van der Waals surface area contributed by atoms with Gasteiger partial charge >= 0.3 is 5.97 Å². The molecule has 0 saturated heterocycles. The fourth-order valence-electron chi connectivity index (χ4n) is 1.15. The maximum atomic E-state index is 10.9. The highest BCUT2D eigenvalue weighted by atomic mass is 32.2. The van der Waals surface area contributed by atoms with Gasteiger partial charge in [0, 0.05) is 18.8 Å². The normalized spacial score (nSPS) is 11.6. The van der Waals surface area contributed by atoms with Gasteiger partial charge in [-0.05, 0) is 19.2 Å². The van der Waals surface area contributed by atoms with Crippen LogP contribution in [0.25, 0.3) is 0 Å². The van der Waals surface area contributed by atoms with E-state index >= 15 is 0 Å². The van der Waals surface area contributed by atoms with Gasteiger partial charge in [-0.15, -0.1) is 23.1 Å². The number of ether oxygens (including phenoxy) is 1. The number of esters is 1. The lowest BCUT2D eigenvalue weighted by atomic mass is 10.3. The van der Waals surface area contributed by atoms with Crippen LogP contribution in [0.1, 0.15) is 17.4 Å². The van der Waals surface area contributed by atoms with E-state index in [0.29, 0.717) is 5.90 Å². The van der Waals surface area contributed by atoms with E-state index in [4.69, 9.17) is 4.74 Å². The minimum Gasteiger partial charge on any atom is -0.407 e. The Morgan fingerprint density at radius 1 is 1.60 bits per heavy atom. The van der Waals surface area contributed by atoms with E-state index in [1.54, 1.807) is 30.1 Å². The monoisotopic (exact) mass is 243 g/mol. The molecule has 15 heavy (non-hydrogen) atoms. The number of thiophene rings is 1. The molecule has 0 aromatic carbocycles. The first kappa shape index (κ1) is 12.3. The average Bonchev–Trinajstić information content (AvgIpc) is 2.55. The molecule has 0 unspecified atom stereocenters. The van der Waals surface area contributed by atoms with Crippen LogP contribution in [0.15, 0.2) is 15.3 Å². The van der Waals surface area contributed by atoms with Crippen LogP contribution in [0.3, 0.4) is 0 Å². The summed E-state index contributed by atoms with van der Waals surface area (Å²) in [5.41, 5.74) is 0.905. The highest BCUT2D eigenvalue weighted by Crippen LogP contribution is 2.30. The molecule has 5 heteroatoms. The van der Waals surface area contributed by atoms with Crippen LogP contribution in [0.4, 0.5) is 0 Å². The molecule has 0 aliphatic rings. The second-order valence-corrected chi connectivity index (χ2v) is 5.22. The van der Waals surface area contributed by atoms with Gasteiger partial charge in [-0.2, -0.15) is 0 Å². The van der Waals surface area contributed by atoms with Gasteiger partial charge in [-0.25, -0.2) is 0 Å². The van der Waals surface area contributed by atoms with Crippen molar-refractivity contribution in [3.63, 3.8) is 0 Å². The zero-order chi connectivity index (χ0) is 11.4. The third-order valence-corrected chi connectivity index (χ3v) is 3.87. The molecule has 1 aromatic rings. The van der Waals surface area contributed by atoms with E-state index in [2.05, 4.69) is 4.99 Å². The summed E-state index contributed by atoms with van der Waals surface area (Å²) in [6.45, 7) is 3.40. The van der Waals surface area contributed by atoms with E-state index in [1.165, 1.54) is 11.8 Å². The van der Waals surface area contributed by atoms with Gasteiger partial charge in [0.2, 0.25) is 5.90 Å². The van der Waals surface area contributed by atoms with E-state index < -0.39 is 0 Å². The van der Waals surface area contributed by atoms with Crippen molar-refractivity contribution >= 4 is 35.0 Å². The first-order chi connectivity index (χ1) is 7.08. The van der Waals surface area contributed by atoms with E-state index in [0.717, 1.165) is 9.77 Å². The van der Waals surface area contributed by atoms with Crippen molar-refractivity contribution < 1.29 is 9.53 Å². The van der Waals surface area contributed by atoms with Gasteiger partial charge in [0.25, 0.3) is 0 Å². The molecule has 82 valence electrons. The summed E-state index contributed by atoms with van der Waals surface area (Å²) in [6, 6.07) is 1.99. The average molecular weight is 243 g/mol. The van der Waals surface area contributed by atoms with E-state index in [9.17, 15) is 4.79 Å². The van der Waals surface area contributed by atoms with Crippen molar-refractivity contribution in [2.75, 3.05) is 13.3 Å².